The number of carbonyl (C=O) groups excluding carboxylic acids is 1. The van der Waals surface area contributed by atoms with Crippen molar-refractivity contribution in [2.75, 3.05) is 31.1 Å². The molecule has 2 fully saturated rings. The first-order valence-corrected chi connectivity index (χ1v) is 9.95. The van der Waals surface area contributed by atoms with E-state index in [2.05, 4.69) is 4.98 Å². The number of hydrogen-bond acceptors (Lipinski definition) is 4. The highest BCUT2D eigenvalue weighted by Gasteiger charge is 2.39. The summed E-state index contributed by atoms with van der Waals surface area (Å²) in [6, 6.07) is 0.858. The second kappa shape index (κ2) is 8.38. The van der Waals surface area contributed by atoms with Gasteiger partial charge in [0.05, 0.1) is 17.0 Å². The van der Waals surface area contributed by atoms with Crippen LogP contribution in [0.1, 0.15) is 44.1 Å². The van der Waals surface area contributed by atoms with E-state index in [4.69, 9.17) is 11.6 Å². The van der Waals surface area contributed by atoms with Crippen molar-refractivity contribution in [2.24, 2.45) is 5.41 Å². The number of carbonyl (C=O) groups is 2. The number of pyridine rings is 1. The van der Waals surface area contributed by atoms with E-state index in [0.29, 0.717) is 26.2 Å². The van der Waals surface area contributed by atoms with Crippen molar-refractivity contribution >= 4 is 29.3 Å². The van der Waals surface area contributed by atoms with Gasteiger partial charge in [0.15, 0.2) is 0 Å². The summed E-state index contributed by atoms with van der Waals surface area (Å²) in [6.45, 7) is 1.58. The maximum absolute atomic E-state index is 12.8. The fraction of sp³-hybridized carbons (Fsp3) is 0.632. The van der Waals surface area contributed by atoms with Crippen LogP contribution in [-0.2, 0) is 15.8 Å². The van der Waals surface area contributed by atoms with E-state index >= 15 is 0 Å². The Morgan fingerprint density at radius 3 is 2.28 bits per heavy atom. The van der Waals surface area contributed by atoms with Gasteiger partial charge in [-0.05, 0) is 24.3 Å². The van der Waals surface area contributed by atoms with Gasteiger partial charge in [0.25, 0.3) is 0 Å². The van der Waals surface area contributed by atoms with Crippen LogP contribution in [0.15, 0.2) is 12.3 Å². The highest BCUT2D eigenvalue weighted by molar-refractivity contribution is 6.33. The quantitative estimate of drug-likeness (QED) is 0.764. The number of carboxylic acids is 1. The maximum atomic E-state index is 12.8. The van der Waals surface area contributed by atoms with Crippen molar-refractivity contribution in [2.45, 2.75) is 44.7 Å². The Balaban J connectivity index is 1.60. The fourth-order valence-electron chi connectivity index (χ4n) is 4.28. The summed E-state index contributed by atoms with van der Waals surface area (Å²) in [6.07, 6.45) is -0.158. The number of aliphatic carboxylic acids is 1. The lowest BCUT2D eigenvalue weighted by Crippen LogP contribution is -2.50. The van der Waals surface area contributed by atoms with Crippen molar-refractivity contribution in [3.63, 3.8) is 0 Å². The molecule has 1 amide bonds. The molecule has 2 aliphatic rings. The van der Waals surface area contributed by atoms with E-state index < -0.39 is 23.1 Å². The van der Waals surface area contributed by atoms with Crippen molar-refractivity contribution in [3.8, 4) is 0 Å². The van der Waals surface area contributed by atoms with Crippen LogP contribution in [0.5, 0.6) is 0 Å². The number of rotatable bonds is 5. The van der Waals surface area contributed by atoms with Crippen molar-refractivity contribution in [1.82, 2.24) is 9.88 Å². The van der Waals surface area contributed by atoms with Gasteiger partial charge < -0.3 is 14.9 Å². The summed E-state index contributed by atoms with van der Waals surface area (Å²) >= 11 is 6.01. The average Bonchev–Trinajstić information content (AvgIpc) is 3.08. The first-order valence-electron chi connectivity index (χ1n) is 9.57. The first-order chi connectivity index (χ1) is 13.6. The summed E-state index contributed by atoms with van der Waals surface area (Å²) in [4.78, 5) is 31.3. The minimum atomic E-state index is -4.51. The Labute approximate surface area is 171 Å². The second-order valence-corrected chi connectivity index (χ2v) is 8.26. The molecule has 0 aromatic carbocycles. The average molecular weight is 434 g/mol. The molecule has 0 atom stereocenters. The highest BCUT2D eigenvalue weighted by Crippen LogP contribution is 2.44. The number of anilines is 1. The van der Waals surface area contributed by atoms with Gasteiger partial charge in [-0.3, -0.25) is 9.59 Å². The molecule has 1 aromatic heterocycles. The Morgan fingerprint density at radius 2 is 1.76 bits per heavy atom. The van der Waals surface area contributed by atoms with Crippen molar-refractivity contribution in [3.05, 3.63) is 22.8 Å². The molecule has 1 saturated heterocycles. The summed E-state index contributed by atoms with van der Waals surface area (Å²) in [7, 11) is 0. The lowest BCUT2D eigenvalue weighted by molar-refractivity contribution is -0.142. The molecule has 1 saturated carbocycles. The summed E-state index contributed by atoms with van der Waals surface area (Å²) in [5, 5.41) is 9.12. The monoisotopic (exact) mass is 433 g/mol. The molecule has 3 rings (SSSR count). The maximum Gasteiger partial charge on any atom is 0.417 e. The van der Waals surface area contributed by atoms with Crippen LogP contribution in [0.2, 0.25) is 5.02 Å². The Bertz CT molecular complexity index is 774. The zero-order valence-electron chi connectivity index (χ0n) is 15.8. The molecule has 6 nitrogen and oxygen atoms in total. The van der Waals surface area contributed by atoms with E-state index in [-0.39, 0.29) is 29.6 Å². The Hall–Kier alpha value is -2.03. The normalized spacial score (nSPS) is 19.4. The summed E-state index contributed by atoms with van der Waals surface area (Å²) in [5.41, 5.74) is -1.36. The molecule has 0 bridgehead atoms. The van der Waals surface area contributed by atoms with E-state index in [9.17, 15) is 27.9 Å². The first kappa shape index (κ1) is 21.7. The number of alkyl halides is 3. The largest absolute Gasteiger partial charge is 0.481 e. The number of aromatic nitrogens is 1. The van der Waals surface area contributed by atoms with Gasteiger partial charge in [0, 0.05) is 38.8 Å². The molecule has 1 N–H and O–H groups in total. The molecule has 160 valence electrons. The number of hydrogen-bond donors (Lipinski definition) is 1. The minimum absolute atomic E-state index is 0.00376. The lowest BCUT2D eigenvalue weighted by atomic mass is 9.79. The van der Waals surface area contributed by atoms with Crippen LogP contribution in [0.3, 0.4) is 0 Å². The van der Waals surface area contributed by atoms with Gasteiger partial charge in [0.1, 0.15) is 5.82 Å². The molecule has 29 heavy (non-hydrogen) atoms. The number of amides is 1. The van der Waals surface area contributed by atoms with Crippen molar-refractivity contribution in [1.29, 1.82) is 0 Å². The van der Waals surface area contributed by atoms with Gasteiger partial charge >= 0.3 is 12.1 Å². The van der Waals surface area contributed by atoms with E-state index in [1.807, 2.05) is 0 Å². The van der Waals surface area contributed by atoms with Crippen LogP contribution >= 0.6 is 11.6 Å². The second-order valence-electron chi connectivity index (χ2n) is 7.85. The molecule has 0 radical (unpaired) electrons. The van der Waals surface area contributed by atoms with Crippen LogP contribution in [0, 0.1) is 5.41 Å². The predicted octanol–water partition coefficient (Wildman–Crippen LogP) is 3.83. The third kappa shape index (κ3) is 5.12. The third-order valence-electron chi connectivity index (χ3n) is 5.80. The predicted molar refractivity (Wildman–Crippen MR) is 101 cm³/mol. The van der Waals surface area contributed by atoms with Gasteiger partial charge in [-0.25, -0.2) is 4.98 Å². The molecule has 1 aliphatic carbocycles. The molecule has 10 heteroatoms. The van der Waals surface area contributed by atoms with Gasteiger partial charge in [-0.1, -0.05) is 24.4 Å². The number of nitrogens with zero attached hydrogens (tertiary/aromatic N) is 3. The van der Waals surface area contributed by atoms with Gasteiger partial charge in [-0.15, -0.1) is 0 Å². The standard InChI is InChI=1S/C19H23ClF3N3O3/c20-14-9-13(19(21,22)23)12-24-17(14)26-7-5-25(6-8-26)15(27)10-18(11-16(28)29)3-1-2-4-18/h9,12H,1-8,10-11H2,(H,28,29). The number of piperazine rings is 1. The third-order valence-corrected chi connectivity index (χ3v) is 6.08. The Morgan fingerprint density at radius 1 is 1.14 bits per heavy atom. The van der Waals surface area contributed by atoms with Crippen LogP contribution in [-0.4, -0.2) is 53.0 Å². The zero-order chi connectivity index (χ0) is 21.2. The molecular formula is C19H23ClF3N3O3. The van der Waals surface area contributed by atoms with Crippen LogP contribution in [0.25, 0.3) is 0 Å². The van der Waals surface area contributed by atoms with E-state index in [1.54, 1.807) is 9.80 Å². The molecular weight excluding hydrogens is 411 g/mol. The molecule has 1 aromatic rings. The number of carboxylic acid groups (broad SMARTS) is 1. The van der Waals surface area contributed by atoms with Gasteiger partial charge in [-0.2, -0.15) is 13.2 Å². The van der Waals surface area contributed by atoms with E-state index in [1.165, 1.54) is 0 Å². The molecule has 0 unspecified atom stereocenters. The lowest BCUT2D eigenvalue weighted by Gasteiger charge is -2.37. The molecule has 1 aliphatic heterocycles. The van der Waals surface area contributed by atoms with E-state index in [0.717, 1.165) is 37.9 Å². The van der Waals surface area contributed by atoms with Crippen LogP contribution < -0.4 is 4.90 Å². The topological polar surface area (TPSA) is 73.7 Å². The van der Waals surface area contributed by atoms with Crippen LogP contribution in [0.4, 0.5) is 19.0 Å². The fourth-order valence-corrected chi connectivity index (χ4v) is 4.57. The zero-order valence-corrected chi connectivity index (χ0v) is 16.6. The SMILES string of the molecule is O=C(O)CC1(CC(=O)N2CCN(c3ncc(C(F)(F)F)cc3Cl)CC2)CCCC1. The summed E-state index contributed by atoms with van der Waals surface area (Å²) < 4.78 is 38.3. The number of halogens is 4. The van der Waals surface area contributed by atoms with Crippen molar-refractivity contribution < 1.29 is 27.9 Å². The molecule has 2 heterocycles. The molecule has 0 spiro atoms. The van der Waals surface area contributed by atoms with Gasteiger partial charge in [0.2, 0.25) is 5.91 Å². The highest BCUT2D eigenvalue weighted by atomic mass is 35.5. The Kier molecular flexibility index (Phi) is 6.26. The smallest absolute Gasteiger partial charge is 0.417 e. The summed E-state index contributed by atoms with van der Waals surface area (Å²) in [5.74, 6) is -0.684. The minimum Gasteiger partial charge on any atom is -0.481 e.